The van der Waals surface area contributed by atoms with Crippen molar-refractivity contribution in [3.8, 4) is 0 Å². The molecule has 0 atom stereocenters. The lowest BCUT2D eigenvalue weighted by Gasteiger charge is -2.19. The summed E-state index contributed by atoms with van der Waals surface area (Å²) in [5, 5.41) is 6.77. The molecule has 94 valence electrons. The predicted octanol–water partition coefficient (Wildman–Crippen LogP) is 0.486. The summed E-state index contributed by atoms with van der Waals surface area (Å²) >= 11 is 0. The van der Waals surface area contributed by atoms with Crippen LogP contribution in [0.5, 0.6) is 0 Å². The maximum Gasteiger partial charge on any atom is 0.134 e. The summed E-state index contributed by atoms with van der Waals surface area (Å²) in [7, 11) is 4.19. The molecule has 0 fully saturated rings. The van der Waals surface area contributed by atoms with Crippen molar-refractivity contribution < 1.29 is 0 Å². The fourth-order valence-corrected chi connectivity index (χ4v) is 2.02. The number of aromatic nitrogens is 2. The van der Waals surface area contributed by atoms with E-state index < -0.39 is 0 Å². The number of nitrogens with one attached hydrogen (secondary N) is 2. The van der Waals surface area contributed by atoms with Gasteiger partial charge in [0.05, 0.1) is 5.69 Å². The molecule has 0 unspecified atom stereocenters. The number of rotatable bonds is 5. The molecule has 2 N–H and O–H groups in total. The summed E-state index contributed by atoms with van der Waals surface area (Å²) in [4.78, 5) is 10.9. The van der Waals surface area contributed by atoms with Crippen molar-refractivity contribution in [3.63, 3.8) is 0 Å². The van der Waals surface area contributed by atoms with Gasteiger partial charge in [0.2, 0.25) is 0 Å². The lowest BCUT2D eigenvalue weighted by Crippen LogP contribution is -2.26. The first-order chi connectivity index (χ1) is 8.27. The lowest BCUT2D eigenvalue weighted by atomic mass is 10.1. The molecule has 0 bridgehead atoms. The maximum absolute atomic E-state index is 4.34. The van der Waals surface area contributed by atoms with Gasteiger partial charge in [-0.15, -0.1) is 0 Å². The normalized spacial score (nSPS) is 14.8. The van der Waals surface area contributed by atoms with Crippen LogP contribution in [0.4, 0.5) is 5.82 Å². The third kappa shape index (κ3) is 3.38. The Bertz CT molecular complexity index is 364. The Morgan fingerprint density at radius 2 is 2.29 bits per heavy atom. The van der Waals surface area contributed by atoms with Gasteiger partial charge in [0.15, 0.2) is 0 Å². The summed E-state index contributed by atoms with van der Waals surface area (Å²) in [5.41, 5.74) is 2.43. The van der Waals surface area contributed by atoms with E-state index in [1.807, 2.05) is 0 Å². The van der Waals surface area contributed by atoms with Crippen molar-refractivity contribution in [1.29, 1.82) is 0 Å². The predicted molar refractivity (Wildman–Crippen MR) is 69.1 cm³/mol. The van der Waals surface area contributed by atoms with Gasteiger partial charge in [-0.05, 0) is 27.1 Å². The molecule has 17 heavy (non-hydrogen) atoms. The molecule has 0 saturated carbocycles. The molecule has 1 aromatic heterocycles. The monoisotopic (exact) mass is 235 g/mol. The van der Waals surface area contributed by atoms with Gasteiger partial charge in [0, 0.05) is 31.6 Å². The average Bonchev–Trinajstić information content (AvgIpc) is 2.34. The quantitative estimate of drug-likeness (QED) is 0.727. The van der Waals surface area contributed by atoms with Gasteiger partial charge in [-0.1, -0.05) is 0 Å². The van der Waals surface area contributed by atoms with Crippen molar-refractivity contribution in [1.82, 2.24) is 20.2 Å². The zero-order valence-electron chi connectivity index (χ0n) is 10.7. The highest BCUT2D eigenvalue weighted by atomic mass is 15.1. The highest BCUT2D eigenvalue weighted by Crippen LogP contribution is 2.18. The van der Waals surface area contributed by atoms with Crippen LogP contribution in [0, 0.1) is 0 Å². The molecule has 0 aliphatic carbocycles. The maximum atomic E-state index is 4.34. The fourth-order valence-electron chi connectivity index (χ4n) is 2.02. The van der Waals surface area contributed by atoms with Crippen molar-refractivity contribution in [2.75, 3.05) is 39.0 Å². The lowest BCUT2D eigenvalue weighted by molar-refractivity contribution is 0.405. The van der Waals surface area contributed by atoms with Crippen LogP contribution >= 0.6 is 0 Å². The first kappa shape index (κ1) is 12.3. The van der Waals surface area contributed by atoms with Crippen LogP contribution in [0.1, 0.15) is 17.7 Å². The summed E-state index contributed by atoms with van der Waals surface area (Å²) < 4.78 is 0. The van der Waals surface area contributed by atoms with Gasteiger partial charge in [-0.3, -0.25) is 0 Å². The van der Waals surface area contributed by atoms with E-state index >= 15 is 0 Å². The third-order valence-electron chi connectivity index (χ3n) is 2.95. The molecule has 2 rings (SSSR count). The Morgan fingerprint density at radius 3 is 3.12 bits per heavy atom. The van der Waals surface area contributed by atoms with Crippen LogP contribution in [-0.2, 0) is 13.0 Å². The topological polar surface area (TPSA) is 53.1 Å². The van der Waals surface area contributed by atoms with E-state index in [9.17, 15) is 0 Å². The second-order valence-electron chi connectivity index (χ2n) is 4.66. The summed E-state index contributed by atoms with van der Waals surface area (Å²) in [6.07, 6.45) is 3.79. The Hall–Kier alpha value is -1.20. The van der Waals surface area contributed by atoms with E-state index in [0.717, 1.165) is 44.8 Å². The van der Waals surface area contributed by atoms with Gasteiger partial charge in [-0.25, -0.2) is 9.97 Å². The van der Waals surface area contributed by atoms with Crippen LogP contribution in [0.2, 0.25) is 0 Å². The number of nitrogens with zero attached hydrogens (tertiary/aromatic N) is 3. The smallest absolute Gasteiger partial charge is 0.134 e. The molecule has 1 aromatic rings. The Balaban J connectivity index is 1.92. The molecule has 2 heterocycles. The van der Waals surface area contributed by atoms with Crippen molar-refractivity contribution in [2.45, 2.75) is 19.4 Å². The van der Waals surface area contributed by atoms with E-state index in [4.69, 9.17) is 0 Å². The molecule has 0 amide bonds. The molecule has 1 aliphatic rings. The zero-order valence-corrected chi connectivity index (χ0v) is 10.7. The number of hydrogen-bond donors (Lipinski definition) is 2. The minimum atomic E-state index is 0.881. The largest absolute Gasteiger partial charge is 0.370 e. The second kappa shape index (κ2) is 5.93. The molecule has 0 aromatic carbocycles. The molecule has 0 radical (unpaired) electrons. The minimum Gasteiger partial charge on any atom is -0.370 e. The van der Waals surface area contributed by atoms with Crippen molar-refractivity contribution in [3.05, 3.63) is 17.6 Å². The Labute approximate surface area is 103 Å². The van der Waals surface area contributed by atoms with E-state index in [1.54, 1.807) is 6.33 Å². The Morgan fingerprint density at radius 1 is 1.41 bits per heavy atom. The first-order valence-corrected chi connectivity index (χ1v) is 6.19. The summed E-state index contributed by atoms with van der Waals surface area (Å²) in [6.45, 7) is 3.95. The second-order valence-corrected chi connectivity index (χ2v) is 4.66. The number of anilines is 1. The van der Waals surface area contributed by atoms with Gasteiger partial charge in [0.1, 0.15) is 12.1 Å². The molecule has 1 aliphatic heterocycles. The van der Waals surface area contributed by atoms with E-state index in [2.05, 4.69) is 39.6 Å². The first-order valence-electron chi connectivity index (χ1n) is 6.19. The molecule has 0 saturated heterocycles. The van der Waals surface area contributed by atoms with E-state index in [1.165, 1.54) is 11.3 Å². The fraction of sp³-hybridized carbons (Fsp3) is 0.667. The van der Waals surface area contributed by atoms with Crippen molar-refractivity contribution >= 4 is 5.82 Å². The highest BCUT2D eigenvalue weighted by Gasteiger charge is 2.14. The molecule has 0 spiro atoms. The highest BCUT2D eigenvalue weighted by molar-refractivity contribution is 5.46. The van der Waals surface area contributed by atoms with Crippen molar-refractivity contribution in [2.24, 2.45) is 0 Å². The molecular weight excluding hydrogens is 214 g/mol. The third-order valence-corrected chi connectivity index (χ3v) is 2.95. The van der Waals surface area contributed by atoms with Crippen LogP contribution < -0.4 is 10.6 Å². The molecule has 5 heteroatoms. The van der Waals surface area contributed by atoms with E-state index in [-0.39, 0.29) is 0 Å². The Kier molecular flexibility index (Phi) is 4.28. The van der Waals surface area contributed by atoms with Gasteiger partial charge < -0.3 is 15.5 Å². The minimum absolute atomic E-state index is 0.881. The van der Waals surface area contributed by atoms with Crippen LogP contribution in [0.15, 0.2) is 6.33 Å². The summed E-state index contributed by atoms with van der Waals surface area (Å²) in [5.74, 6) is 1.00. The molecular formula is C12H21N5. The average molecular weight is 235 g/mol. The van der Waals surface area contributed by atoms with Crippen LogP contribution in [0.25, 0.3) is 0 Å². The van der Waals surface area contributed by atoms with Gasteiger partial charge >= 0.3 is 0 Å². The standard InChI is InChI=1S/C12H21N5/c1-17(2)7-3-5-14-12-10-8-13-6-4-11(10)15-9-16-12/h9,13H,3-8H2,1-2H3,(H,14,15,16). The number of hydrogen-bond acceptors (Lipinski definition) is 5. The van der Waals surface area contributed by atoms with E-state index in [0.29, 0.717) is 0 Å². The SMILES string of the molecule is CN(C)CCCNc1ncnc2c1CNCC2. The molecule has 5 nitrogen and oxygen atoms in total. The van der Waals surface area contributed by atoms with Crippen LogP contribution in [0.3, 0.4) is 0 Å². The summed E-state index contributed by atoms with van der Waals surface area (Å²) in [6, 6.07) is 0. The van der Waals surface area contributed by atoms with Gasteiger partial charge in [-0.2, -0.15) is 0 Å². The number of fused-ring (bicyclic) bond motifs is 1. The zero-order chi connectivity index (χ0) is 12.1. The van der Waals surface area contributed by atoms with Crippen LogP contribution in [-0.4, -0.2) is 48.6 Å². The van der Waals surface area contributed by atoms with Gasteiger partial charge in [0.25, 0.3) is 0 Å².